The summed E-state index contributed by atoms with van der Waals surface area (Å²) in [6.45, 7) is 13.7. The molecule has 0 unspecified atom stereocenters. The van der Waals surface area contributed by atoms with Crippen molar-refractivity contribution < 1.29 is 4.74 Å². The minimum absolute atomic E-state index is 0.309. The fraction of sp³-hybridized carbons (Fsp3) is 0.647. The van der Waals surface area contributed by atoms with Crippen molar-refractivity contribution in [1.82, 2.24) is 5.32 Å². The Morgan fingerprint density at radius 1 is 1.25 bits per heavy atom. The summed E-state index contributed by atoms with van der Waals surface area (Å²) in [7, 11) is 0. The number of ether oxygens (including phenoxy) is 1. The number of halogens is 1. The Labute approximate surface area is 132 Å². The molecule has 0 atom stereocenters. The maximum atomic E-state index is 6.07. The van der Waals surface area contributed by atoms with Crippen molar-refractivity contribution in [2.24, 2.45) is 5.41 Å². The van der Waals surface area contributed by atoms with Gasteiger partial charge < -0.3 is 10.1 Å². The van der Waals surface area contributed by atoms with Crippen LogP contribution in [0.2, 0.25) is 0 Å². The van der Waals surface area contributed by atoms with Gasteiger partial charge in [-0.25, -0.2) is 0 Å². The molecular weight excluding hydrogens is 314 g/mol. The molecule has 0 fully saturated rings. The van der Waals surface area contributed by atoms with Crippen LogP contribution in [0.4, 0.5) is 0 Å². The highest BCUT2D eigenvalue weighted by Gasteiger charge is 2.13. The van der Waals surface area contributed by atoms with Crippen molar-refractivity contribution >= 4 is 15.9 Å². The zero-order valence-electron chi connectivity index (χ0n) is 13.5. The van der Waals surface area contributed by atoms with E-state index in [0.717, 1.165) is 42.8 Å². The quantitative estimate of drug-likeness (QED) is 0.699. The predicted molar refractivity (Wildman–Crippen MR) is 90.4 cm³/mol. The van der Waals surface area contributed by atoms with Crippen molar-refractivity contribution in [3.05, 3.63) is 27.7 Å². The van der Waals surface area contributed by atoms with Crippen molar-refractivity contribution in [2.45, 2.75) is 54.0 Å². The van der Waals surface area contributed by atoms with Crippen molar-refractivity contribution in [3.63, 3.8) is 0 Å². The minimum atomic E-state index is 0.309. The molecule has 3 heteroatoms. The minimum Gasteiger partial charge on any atom is -0.493 e. The van der Waals surface area contributed by atoms with E-state index in [1.807, 2.05) is 0 Å². The first-order chi connectivity index (χ1) is 9.33. The van der Waals surface area contributed by atoms with Crippen LogP contribution in [0, 0.1) is 12.3 Å². The molecule has 0 bridgehead atoms. The summed E-state index contributed by atoms with van der Waals surface area (Å²) in [5, 5.41) is 3.45. The molecule has 0 spiro atoms. The molecule has 0 aromatic heterocycles. The Bertz CT molecular complexity index is 424. The normalized spacial score (nSPS) is 11.7. The highest BCUT2D eigenvalue weighted by Crippen LogP contribution is 2.29. The van der Waals surface area contributed by atoms with E-state index in [1.54, 1.807) is 0 Å². The maximum absolute atomic E-state index is 6.07. The number of hydrogen-bond acceptors (Lipinski definition) is 2. The van der Waals surface area contributed by atoms with Crippen LogP contribution in [0.5, 0.6) is 5.75 Å². The Kier molecular flexibility index (Phi) is 7.04. The fourth-order valence-electron chi connectivity index (χ4n) is 2.00. The van der Waals surface area contributed by atoms with Crippen LogP contribution in [0.25, 0.3) is 0 Å². The van der Waals surface area contributed by atoms with Crippen LogP contribution in [0.15, 0.2) is 16.6 Å². The Morgan fingerprint density at radius 2 is 1.95 bits per heavy atom. The lowest BCUT2D eigenvalue weighted by atomic mass is 9.93. The molecule has 0 heterocycles. The molecule has 1 aromatic carbocycles. The van der Waals surface area contributed by atoms with Crippen LogP contribution in [0.3, 0.4) is 0 Å². The first-order valence-electron chi connectivity index (χ1n) is 7.46. The van der Waals surface area contributed by atoms with Gasteiger partial charge in [-0.15, -0.1) is 0 Å². The lowest BCUT2D eigenvalue weighted by Crippen LogP contribution is -2.16. The van der Waals surface area contributed by atoms with Gasteiger partial charge in [0.15, 0.2) is 0 Å². The first kappa shape index (κ1) is 17.5. The zero-order chi connectivity index (χ0) is 15.2. The summed E-state index contributed by atoms with van der Waals surface area (Å²) in [6, 6.07) is 4.28. The van der Waals surface area contributed by atoms with Gasteiger partial charge in [0.2, 0.25) is 0 Å². The SMILES string of the molecule is CCCNCc1cc(Br)cc(C)c1OCCC(C)(C)C. The molecule has 0 saturated heterocycles. The average Bonchev–Trinajstić information content (AvgIpc) is 2.31. The van der Waals surface area contributed by atoms with Gasteiger partial charge >= 0.3 is 0 Å². The molecule has 1 rings (SSSR count). The third kappa shape index (κ3) is 6.27. The lowest BCUT2D eigenvalue weighted by molar-refractivity contribution is 0.240. The third-order valence-electron chi connectivity index (χ3n) is 3.16. The second-order valence-corrected chi connectivity index (χ2v) is 7.46. The molecule has 2 nitrogen and oxygen atoms in total. The van der Waals surface area contributed by atoms with Gasteiger partial charge in [0.05, 0.1) is 6.61 Å². The van der Waals surface area contributed by atoms with Gasteiger partial charge in [-0.3, -0.25) is 0 Å². The van der Waals surface area contributed by atoms with Gasteiger partial charge in [0, 0.05) is 16.6 Å². The summed E-state index contributed by atoms with van der Waals surface area (Å²) in [4.78, 5) is 0. The van der Waals surface area contributed by atoms with Crippen molar-refractivity contribution in [1.29, 1.82) is 0 Å². The standard InChI is InChI=1S/C17H28BrNO/c1-6-8-19-12-14-11-15(18)10-13(2)16(14)20-9-7-17(3,4)5/h10-11,19H,6-9,12H2,1-5H3. The average molecular weight is 342 g/mol. The molecule has 0 radical (unpaired) electrons. The van der Waals surface area contributed by atoms with E-state index in [-0.39, 0.29) is 0 Å². The number of nitrogens with one attached hydrogen (secondary N) is 1. The molecule has 0 saturated carbocycles. The topological polar surface area (TPSA) is 21.3 Å². The lowest BCUT2D eigenvalue weighted by Gasteiger charge is -2.20. The Balaban J connectivity index is 2.75. The smallest absolute Gasteiger partial charge is 0.126 e. The van der Waals surface area contributed by atoms with E-state index in [2.05, 4.69) is 68.0 Å². The van der Waals surface area contributed by atoms with Crippen LogP contribution < -0.4 is 10.1 Å². The van der Waals surface area contributed by atoms with Gasteiger partial charge in [-0.05, 0) is 49.4 Å². The second kappa shape index (κ2) is 8.04. The molecule has 1 N–H and O–H groups in total. The highest BCUT2D eigenvalue weighted by atomic mass is 79.9. The largest absolute Gasteiger partial charge is 0.493 e. The van der Waals surface area contributed by atoms with E-state index >= 15 is 0 Å². The van der Waals surface area contributed by atoms with Crippen LogP contribution in [-0.2, 0) is 6.54 Å². The third-order valence-corrected chi connectivity index (χ3v) is 3.61. The van der Waals surface area contributed by atoms with Gasteiger partial charge in [-0.1, -0.05) is 43.6 Å². The summed E-state index contributed by atoms with van der Waals surface area (Å²) in [6.07, 6.45) is 2.21. The van der Waals surface area contributed by atoms with Gasteiger partial charge in [-0.2, -0.15) is 0 Å². The van der Waals surface area contributed by atoms with Crippen LogP contribution in [0.1, 0.15) is 51.7 Å². The number of benzene rings is 1. The fourth-order valence-corrected chi connectivity index (χ4v) is 2.62. The zero-order valence-corrected chi connectivity index (χ0v) is 15.1. The summed E-state index contributed by atoms with van der Waals surface area (Å²) in [5.41, 5.74) is 2.74. The summed E-state index contributed by atoms with van der Waals surface area (Å²) in [5.74, 6) is 1.04. The predicted octanol–water partition coefficient (Wildman–Crippen LogP) is 5.07. The van der Waals surface area contributed by atoms with Crippen LogP contribution >= 0.6 is 15.9 Å². The molecule has 0 aliphatic rings. The van der Waals surface area contributed by atoms with Crippen molar-refractivity contribution in [2.75, 3.05) is 13.2 Å². The molecule has 0 aliphatic carbocycles. The van der Waals surface area contributed by atoms with E-state index < -0.39 is 0 Å². The first-order valence-corrected chi connectivity index (χ1v) is 8.25. The molecule has 0 aliphatic heterocycles. The van der Waals surface area contributed by atoms with Crippen molar-refractivity contribution in [3.8, 4) is 5.75 Å². The van der Waals surface area contributed by atoms with Gasteiger partial charge in [0.25, 0.3) is 0 Å². The number of hydrogen-bond donors (Lipinski definition) is 1. The molecule has 0 amide bonds. The van der Waals surface area contributed by atoms with Crippen LogP contribution in [-0.4, -0.2) is 13.2 Å². The molecule has 20 heavy (non-hydrogen) atoms. The summed E-state index contributed by atoms with van der Waals surface area (Å²) >= 11 is 3.57. The van der Waals surface area contributed by atoms with Gasteiger partial charge in [0.1, 0.15) is 5.75 Å². The number of aryl methyl sites for hydroxylation is 1. The van der Waals surface area contributed by atoms with E-state index in [0.29, 0.717) is 5.41 Å². The highest BCUT2D eigenvalue weighted by molar-refractivity contribution is 9.10. The van der Waals surface area contributed by atoms with E-state index in [1.165, 1.54) is 11.1 Å². The Hall–Kier alpha value is -0.540. The monoisotopic (exact) mass is 341 g/mol. The number of rotatable bonds is 7. The second-order valence-electron chi connectivity index (χ2n) is 6.55. The molecule has 114 valence electrons. The maximum Gasteiger partial charge on any atom is 0.126 e. The van der Waals surface area contributed by atoms with E-state index in [4.69, 9.17) is 4.74 Å². The Morgan fingerprint density at radius 3 is 2.55 bits per heavy atom. The molecule has 1 aromatic rings. The van der Waals surface area contributed by atoms with E-state index in [9.17, 15) is 0 Å². The molecular formula is C17H28BrNO. The summed E-state index contributed by atoms with van der Waals surface area (Å²) < 4.78 is 7.19.